The highest BCUT2D eigenvalue weighted by molar-refractivity contribution is 6.09. The molecule has 8 nitrogen and oxygen atoms in total. The minimum Gasteiger partial charge on any atom is -0.361 e. The van der Waals surface area contributed by atoms with Crippen molar-refractivity contribution in [1.82, 2.24) is 30.0 Å². The monoisotopic (exact) mass is 481 g/mol. The van der Waals surface area contributed by atoms with Crippen LogP contribution in [0.2, 0.25) is 0 Å². The summed E-state index contributed by atoms with van der Waals surface area (Å²) >= 11 is 0. The molecule has 0 aliphatic carbocycles. The second-order valence-electron chi connectivity index (χ2n) is 9.15. The molecule has 0 spiro atoms. The Bertz CT molecular complexity index is 1510. The topological polar surface area (TPSA) is 92.9 Å². The summed E-state index contributed by atoms with van der Waals surface area (Å²) < 4.78 is 0. The normalized spacial score (nSPS) is 14.7. The fraction of sp³-hybridized carbons (Fsp3) is 0.250. The van der Waals surface area contributed by atoms with Crippen molar-refractivity contribution in [3.05, 3.63) is 78.4 Å². The number of hydrogen-bond donors (Lipinski definition) is 3. The van der Waals surface area contributed by atoms with Gasteiger partial charge in [-0.1, -0.05) is 25.6 Å². The number of nitrogens with zero attached hydrogens (tertiary/aromatic N) is 4. The van der Waals surface area contributed by atoms with Gasteiger partial charge in [-0.3, -0.25) is 14.8 Å². The van der Waals surface area contributed by atoms with Gasteiger partial charge in [-0.05, 0) is 54.6 Å². The lowest BCUT2D eigenvalue weighted by atomic mass is 9.99. The van der Waals surface area contributed by atoms with Crippen LogP contribution in [-0.4, -0.2) is 69.1 Å². The Kier molecular flexibility index (Phi) is 6.54. The molecular weight excluding hydrogens is 450 g/mol. The van der Waals surface area contributed by atoms with Gasteiger partial charge in [0, 0.05) is 55.2 Å². The molecule has 0 atom stereocenters. The first-order valence-electron chi connectivity index (χ1n) is 11.9. The van der Waals surface area contributed by atoms with Crippen LogP contribution in [0, 0.1) is 0 Å². The minimum atomic E-state index is -0.232. The number of carbonyl (C=O) groups is 1. The number of hydrogen-bond acceptors (Lipinski definition) is 5. The molecule has 3 aromatic heterocycles. The molecule has 36 heavy (non-hydrogen) atoms. The second-order valence-corrected chi connectivity index (χ2v) is 9.15. The van der Waals surface area contributed by atoms with Crippen molar-refractivity contribution in [2.24, 2.45) is 0 Å². The van der Waals surface area contributed by atoms with E-state index in [4.69, 9.17) is 0 Å². The summed E-state index contributed by atoms with van der Waals surface area (Å²) in [4.78, 5) is 25.9. The van der Waals surface area contributed by atoms with E-state index in [9.17, 15) is 4.79 Å². The standard InChI is InChI=1S/C27H27N7O.CH4/c1-33-10-12-34(13-11-33)17-19-4-2-7-24(30-19)27(35)31-25-14-18(15-26-22(25)16-29-32-26)20-5-3-6-23-21(20)8-9-28-23;/h2-9,14-16,28H,10-13,17H2,1H3,(H,29,32)(H,31,35);1H4. The molecule has 0 radical (unpaired) electrons. The van der Waals surface area contributed by atoms with Crippen molar-refractivity contribution in [2.75, 3.05) is 38.5 Å². The van der Waals surface area contributed by atoms with Gasteiger partial charge in [0.05, 0.1) is 23.1 Å². The van der Waals surface area contributed by atoms with Crippen molar-refractivity contribution >= 4 is 33.4 Å². The van der Waals surface area contributed by atoms with Gasteiger partial charge >= 0.3 is 0 Å². The summed E-state index contributed by atoms with van der Waals surface area (Å²) in [7, 11) is 2.14. The van der Waals surface area contributed by atoms with Crippen LogP contribution in [0.4, 0.5) is 5.69 Å². The quantitative estimate of drug-likeness (QED) is 0.337. The summed E-state index contributed by atoms with van der Waals surface area (Å²) in [6.07, 6.45) is 3.68. The Hall–Kier alpha value is -4.01. The first-order chi connectivity index (χ1) is 17.1. The summed E-state index contributed by atoms with van der Waals surface area (Å²) in [5.74, 6) is -0.232. The number of pyridine rings is 1. The van der Waals surface area contributed by atoms with Gasteiger partial charge in [-0.25, -0.2) is 4.98 Å². The van der Waals surface area contributed by atoms with E-state index < -0.39 is 0 Å². The predicted octanol–water partition coefficient (Wildman–Crippen LogP) is 4.74. The number of carbonyl (C=O) groups excluding carboxylic acids is 1. The van der Waals surface area contributed by atoms with E-state index in [1.807, 2.05) is 30.5 Å². The van der Waals surface area contributed by atoms with Crippen molar-refractivity contribution in [2.45, 2.75) is 14.0 Å². The molecule has 0 saturated carbocycles. The van der Waals surface area contributed by atoms with E-state index in [-0.39, 0.29) is 13.3 Å². The van der Waals surface area contributed by atoms with E-state index in [1.165, 1.54) is 0 Å². The van der Waals surface area contributed by atoms with E-state index >= 15 is 0 Å². The number of amides is 1. The number of aromatic amines is 2. The molecule has 6 rings (SSSR count). The van der Waals surface area contributed by atoms with Gasteiger partial charge in [0.25, 0.3) is 5.91 Å². The van der Waals surface area contributed by atoms with Crippen molar-refractivity contribution < 1.29 is 4.79 Å². The Morgan fingerprint density at radius 1 is 1.00 bits per heavy atom. The molecule has 8 heteroatoms. The molecule has 1 saturated heterocycles. The molecule has 0 unspecified atom stereocenters. The number of H-pyrrole nitrogens is 2. The summed E-state index contributed by atoms with van der Waals surface area (Å²) in [6, 6.07) is 18.0. The maximum Gasteiger partial charge on any atom is 0.274 e. The Morgan fingerprint density at radius 2 is 1.83 bits per heavy atom. The van der Waals surface area contributed by atoms with Gasteiger partial charge in [0.1, 0.15) is 5.69 Å². The molecule has 1 aliphatic rings. The SMILES string of the molecule is C.CN1CCN(Cc2cccc(C(=O)Nc3cc(-c4cccc5[nH]ccc45)cc4[nH]ncc34)n2)CC1. The number of benzene rings is 2. The number of piperazine rings is 1. The number of fused-ring (bicyclic) bond motifs is 2. The second kappa shape index (κ2) is 9.93. The van der Waals surface area contributed by atoms with Crippen molar-refractivity contribution in [3.63, 3.8) is 0 Å². The number of nitrogens with one attached hydrogen (secondary N) is 3. The van der Waals surface area contributed by atoms with Crippen LogP contribution < -0.4 is 5.32 Å². The molecule has 1 amide bonds. The van der Waals surface area contributed by atoms with Crippen LogP contribution in [-0.2, 0) is 6.54 Å². The van der Waals surface area contributed by atoms with Crippen LogP contribution in [0.1, 0.15) is 23.6 Å². The third kappa shape index (κ3) is 4.60. The van der Waals surface area contributed by atoms with Gasteiger partial charge < -0.3 is 15.2 Å². The van der Waals surface area contributed by atoms with Crippen molar-refractivity contribution in [3.8, 4) is 11.1 Å². The molecular formula is C28H31N7O. The molecule has 0 bridgehead atoms. The van der Waals surface area contributed by atoms with Gasteiger partial charge in [-0.2, -0.15) is 5.10 Å². The lowest BCUT2D eigenvalue weighted by Crippen LogP contribution is -2.44. The molecule has 3 N–H and O–H groups in total. The van der Waals surface area contributed by atoms with Crippen LogP contribution in [0.5, 0.6) is 0 Å². The number of aromatic nitrogens is 4. The van der Waals surface area contributed by atoms with Gasteiger partial charge in [0.15, 0.2) is 0 Å². The minimum absolute atomic E-state index is 0. The fourth-order valence-corrected chi connectivity index (χ4v) is 4.76. The van der Waals surface area contributed by atoms with E-state index in [2.05, 4.69) is 66.6 Å². The van der Waals surface area contributed by atoms with Crippen LogP contribution in [0.3, 0.4) is 0 Å². The molecule has 1 fully saturated rings. The zero-order valence-corrected chi connectivity index (χ0v) is 19.6. The van der Waals surface area contributed by atoms with E-state index in [0.717, 1.165) is 71.4 Å². The Morgan fingerprint density at radius 3 is 2.69 bits per heavy atom. The molecule has 5 aromatic rings. The van der Waals surface area contributed by atoms with Crippen molar-refractivity contribution in [1.29, 1.82) is 0 Å². The number of rotatable bonds is 5. The summed E-state index contributed by atoms with van der Waals surface area (Å²) in [6.45, 7) is 4.86. The summed E-state index contributed by atoms with van der Waals surface area (Å²) in [5, 5.41) is 12.3. The third-order valence-corrected chi connectivity index (χ3v) is 6.73. The van der Waals surface area contributed by atoms with Crippen LogP contribution in [0.25, 0.3) is 32.9 Å². The predicted molar refractivity (Wildman–Crippen MR) is 145 cm³/mol. The smallest absolute Gasteiger partial charge is 0.274 e. The average Bonchev–Trinajstić information content (AvgIpc) is 3.55. The highest BCUT2D eigenvalue weighted by Crippen LogP contribution is 2.34. The zero-order chi connectivity index (χ0) is 23.8. The van der Waals surface area contributed by atoms with Gasteiger partial charge in [-0.15, -0.1) is 0 Å². The Balaban J connectivity index is 0.00000267. The number of likely N-dealkylation sites (N-methyl/N-ethyl adjacent to an activating group) is 1. The number of anilines is 1. The first-order valence-corrected chi connectivity index (χ1v) is 11.9. The maximum absolute atomic E-state index is 13.3. The van der Waals surface area contributed by atoms with Gasteiger partial charge in [0.2, 0.25) is 0 Å². The Labute approximate surface area is 210 Å². The lowest BCUT2D eigenvalue weighted by Gasteiger charge is -2.32. The molecule has 4 heterocycles. The van der Waals surface area contributed by atoms with Crippen LogP contribution in [0.15, 0.2) is 67.0 Å². The maximum atomic E-state index is 13.3. The zero-order valence-electron chi connectivity index (χ0n) is 19.6. The summed E-state index contributed by atoms with van der Waals surface area (Å²) in [5.41, 5.74) is 6.04. The van der Waals surface area contributed by atoms with E-state index in [1.54, 1.807) is 12.3 Å². The third-order valence-electron chi connectivity index (χ3n) is 6.73. The average molecular weight is 482 g/mol. The molecule has 184 valence electrons. The first kappa shape index (κ1) is 23.7. The largest absolute Gasteiger partial charge is 0.361 e. The lowest BCUT2D eigenvalue weighted by molar-refractivity contribution is 0.102. The molecule has 2 aromatic carbocycles. The fourth-order valence-electron chi connectivity index (χ4n) is 4.76. The molecule has 1 aliphatic heterocycles. The highest BCUT2D eigenvalue weighted by atomic mass is 16.1. The van der Waals surface area contributed by atoms with Crippen LogP contribution >= 0.6 is 0 Å². The van der Waals surface area contributed by atoms with E-state index in [0.29, 0.717) is 11.4 Å². The highest BCUT2D eigenvalue weighted by Gasteiger charge is 2.17.